The van der Waals surface area contributed by atoms with E-state index in [-0.39, 0.29) is 30.3 Å². The number of hydrogen-bond acceptors (Lipinski definition) is 3. The highest BCUT2D eigenvalue weighted by atomic mass is 16.3. The summed E-state index contributed by atoms with van der Waals surface area (Å²) in [5.41, 5.74) is 2.40. The summed E-state index contributed by atoms with van der Waals surface area (Å²) in [5, 5.41) is 12.1. The van der Waals surface area contributed by atoms with Crippen molar-refractivity contribution in [3.8, 4) is 0 Å². The average Bonchev–Trinajstić information content (AvgIpc) is 3.09. The number of ketones is 1. The van der Waals surface area contributed by atoms with Crippen LogP contribution in [0, 0.1) is 12.8 Å². The zero-order valence-corrected chi connectivity index (χ0v) is 14.1. The van der Waals surface area contributed by atoms with E-state index in [1.807, 2.05) is 31.2 Å². The van der Waals surface area contributed by atoms with E-state index in [9.17, 15) is 14.7 Å². The molecule has 0 saturated heterocycles. The van der Waals surface area contributed by atoms with Crippen LogP contribution in [0.15, 0.2) is 60.7 Å². The Bertz CT molecular complexity index is 808. The number of aliphatic hydroxyl groups is 1. The topological polar surface area (TPSA) is 66.4 Å². The van der Waals surface area contributed by atoms with Gasteiger partial charge < -0.3 is 10.4 Å². The Morgan fingerprint density at radius 2 is 1.72 bits per heavy atom. The minimum absolute atomic E-state index is 0.0748. The third-order valence-corrected chi connectivity index (χ3v) is 4.45. The SMILES string of the molecule is Cc1ccc(C(=O)c2ccccc2C(=O)N[C@@H]2C=C[C@H](CO)C2)cc1. The van der Waals surface area contributed by atoms with Gasteiger partial charge in [0, 0.05) is 29.7 Å². The summed E-state index contributed by atoms with van der Waals surface area (Å²) < 4.78 is 0. The second-order valence-electron chi connectivity index (χ2n) is 6.38. The van der Waals surface area contributed by atoms with Gasteiger partial charge >= 0.3 is 0 Å². The predicted octanol–water partition coefficient (Wildman–Crippen LogP) is 2.89. The molecule has 2 aromatic rings. The van der Waals surface area contributed by atoms with Crippen molar-refractivity contribution in [3.63, 3.8) is 0 Å². The van der Waals surface area contributed by atoms with E-state index >= 15 is 0 Å². The maximum Gasteiger partial charge on any atom is 0.252 e. The third kappa shape index (κ3) is 3.86. The van der Waals surface area contributed by atoms with Crippen molar-refractivity contribution in [2.45, 2.75) is 19.4 Å². The Morgan fingerprint density at radius 3 is 2.36 bits per heavy atom. The van der Waals surface area contributed by atoms with Gasteiger partial charge in [0.25, 0.3) is 5.91 Å². The van der Waals surface area contributed by atoms with E-state index in [0.717, 1.165) is 5.56 Å². The van der Waals surface area contributed by atoms with E-state index in [4.69, 9.17) is 0 Å². The predicted molar refractivity (Wildman–Crippen MR) is 96.6 cm³/mol. The normalized spacial score (nSPS) is 19.0. The first kappa shape index (κ1) is 17.1. The molecule has 2 N–H and O–H groups in total. The van der Waals surface area contributed by atoms with Gasteiger partial charge in [0.15, 0.2) is 5.78 Å². The molecular weight excluding hydrogens is 314 g/mol. The summed E-state index contributed by atoms with van der Waals surface area (Å²) in [6.45, 7) is 2.04. The Hall–Kier alpha value is -2.72. The number of carbonyl (C=O) groups excluding carboxylic acids is 2. The highest BCUT2D eigenvalue weighted by molar-refractivity contribution is 6.15. The Kier molecular flexibility index (Phi) is 5.10. The quantitative estimate of drug-likeness (QED) is 0.652. The molecule has 1 aliphatic carbocycles. The van der Waals surface area contributed by atoms with Crippen LogP contribution in [-0.2, 0) is 0 Å². The molecule has 25 heavy (non-hydrogen) atoms. The summed E-state index contributed by atoms with van der Waals surface area (Å²) >= 11 is 0. The van der Waals surface area contributed by atoms with Crippen molar-refractivity contribution >= 4 is 11.7 Å². The highest BCUT2D eigenvalue weighted by Gasteiger charge is 2.23. The first-order chi connectivity index (χ1) is 12.1. The molecule has 4 heteroatoms. The molecule has 0 aliphatic heterocycles. The molecule has 0 fully saturated rings. The van der Waals surface area contributed by atoms with Gasteiger partial charge in [-0.25, -0.2) is 0 Å². The van der Waals surface area contributed by atoms with Crippen molar-refractivity contribution in [2.24, 2.45) is 5.92 Å². The smallest absolute Gasteiger partial charge is 0.252 e. The number of aryl methyl sites for hydroxylation is 1. The van der Waals surface area contributed by atoms with Crippen LogP contribution in [0.3, 0.4) is 0 Å². The summed E-state index contributed by atoms with van der Waals surface area (Å²) in [6.07, 6.45) is 4.48. The van der Waals surface area contributed by atoms with Gasteiger partial charge in [-0.1, -0.05) is 60.2 Å². The van der Waals surface area contributed by atoms with Crippen LogP contribution in [0.5, 0.6) is 0 Å². The molecule has 0 saturated carbocycles. The van der Waals surface area contributed by atoms with Gasteiger partial charge in [-0.2, -0.15) is 0 Å². The molecular formula is C21H21NO3. The first-order valence-corrected chi connectivity index (χ1v) is 8.39. The molecule has 0 bridgehead atoms. The van der Waals surface area contributed by atoms with Gasteiger partial charge in [0.1, 0.15) is 0 Å². The van der Waals surface area contributed by atoms with Crippen LogP contribution >= 0.6 is 0 Å². The van der Waals surface area contributed by atoms with E-state index in [1.54, 1.807) is 36.4 Å². The Morgan fingerprint density at radius 1 is 1.04 bits per heavy atom. The maximum absolute atomic E-state index is 12.8. The van der Waals surface area contributed by atoms with Crippen molar-refractivity contribution in [3.05, 3.63) is 82.9 Å². The lowest BCUT2D eigenvalue weighted by Crippen LogP contribution is -2.33. The van der Waals surface area contributed by atoms with Crippen molar-refractivity contribution in [2.75, 3.05) is 6.61 Å². The first-order valence-electron chi connectivity index (χ1n) is 8.39. The summed E-state index contributed by atoms with van der Waals surface area (Å²) in [7, 11) is 0. The third-order valence-electron chi connectivity index (χ3n) is 4.45. The molecule has 0 heterocycles. The molecule has 128 valence electrons. The van der Waals surface area contributed by atoms with Crippen molar-refractivity contribution in [1.82, 2.24) is 5.32 Å². The fourth-order valence-electron chi connectivity index (χ4n) is 3.00. The number of nitrogens with one attached hydrogen (secondary N) is 1. The summed E-state index contributed by atoms with van der Waals surface area (Å²) in [4.78, 5) is 25.4. The van der Waals surface area contributed by atoms with Crippen LogP contribution in [0.25, 0.3) is 0 Å². The second-order valence-corrected chi connectivity index (χ2v) is 6.38. The molecule has 1 amide bonds. The number of rotatable bonds is 5. The molecule has 2 atom stereocenters. The van der Waals surface area contributed by atoms with Gasteiger partial charge in [0.05, 0.1) is 5.56 Å². The lowest BCUT2D eigenvalue weighted by atomic mass is 9.97. The zero-order chi connectivity index (χ0) is 17.8. The van der Waals surface area contributed by atoms with Gasteiger partial charge in [0.2, 0.25) is 0 Å². The van der Waals surface area contributed by atoms with E-state index in [1.165, 1.54) is 0 Å². The number of aliphatic hydroxyl groups excluding tert-OH is 1. The second kappa shape index (κ2) is 7.45. The molecule has 0 unspecified atom stereocenters. The average molecular weight is 335 g/mol. The van der Waals surface area contributed by atoms with Gasteiger partial charge in [-0.3, -0.25) is 9.59 Å². The van der Waals surface area contributed by atoms with E-state index < -0.39 is 0 Å². The number of amides is 1. The van der Waals surface area contributed by atoms with E-state index in [0.29, 0.717) is 23.1 Å². The Balaban J connectivity index is 1.81. The zero-order valence-electron chi connectivity index (χ0n) is 14.1. The lowest BCUT2D eigenvalue weighted by Gasteiger charge is -2.14. The Labute approximate surface area is 147 Å². The number of benzene rings is 2. The lowest BCUT2D eigenvalue weighted by molar-refractivity contribution is 0.0930. The fourth-order valence-corrected chi connectivity index (χ4v) is 3.00. The molecule has 1 aliphatic rings. The molecule has 3 rings (SSSR count). The molecule has 4 nitrogen and oxygen atoms in total. The standard InChI is InChI=1S/C21H21NO3/c1-14-6-9-16(10-7-14)20(24)18-4-2-3-5-19(18)21(25)22-17-11-8-15(12-17)13-23/h2-11,15,17,23H,12-13H2,1H3,(H,22,25)/t15-,17+/m0/s1. The molecule has 2 aromatic carbocycles. The van der Waals surface area contributed by atoms with Gasteiger partial charge in [-0.05, 0) is 19.4 Å². The minimum Gasteiger partial charge on any atom is -0.396 e. The van der Waals surface area contributed by atoms with Crippen LogP contribution in [0.1, 0.15) is 38.3 Å². The van der Waals surface area contributed by atoms with Crippen LogP contribution in [-0.4, -0.2) is 29.4 Å². The monoisotopic (exact) mass is 335 g/mol. The molecule has 0 spiro atoms. The fraction of sp³-hybridized carbons (Fsp3) is 0.238. The van der Waals surface area contributed by atoms with Gasteiger partial charge in [-0.15, -0.1) is 0 Å². The summed E-state index contributed by atoms with van der Waals surface area (Å²) in [5.74, 6) is -0.361. The molecule has 0 aromatic heterocycles. The maximum atomic E-state index is 12.8. The summed E-state index contributed by atoms with van der Waals surface area (Å²) in [6, 6.07) is 14.1. The van der Waals surface area contributed by atoms with Crippen LogP contribution in [0.2, 0.25) is 0 Å². The van der Waals surface area contributed by atoms with E-state index in [2.05, 4.69) is 5.32 Å². The highest BCUT2D eigenvalue weighted by Crippen LogP contribution is 2.19. The number of carbonyl (C=O) groups is 2. The minimum atomic E-state index is -0.274. The van der Waals surface area contributed by atoms with Crippen LogP contribution in [0.4, 0.5) is 0 Å². The van der Waals surface area contributed by atoms with Crippen molar-refractivity contribution < 1.29 is 14.7 Å². The largest absolute Gasteiger partial charge is 0.396 e. The van der Waals surface area contributed by atoms with Crippen LogP contribution < -0.4 is 5.32 Å². The number of hydrogen-bond donors (Lipinski definition) is 2. The van der Waals surface area contributed by atoms with Crippen molar-refractivity contribution in [1.29, 1.82) is 0 Å². The molecule has 0 radical (unpaired) electrons.